The molecule has 100 valence electrons. The number of anilines is 2. The van der Waals surface area contributed by atoms with Crippen LogP contribution >= 0.6 is 11.3 Å². The van der Waals surface area contributed by atoms with Crippen molar-refractivity contribution < 1.29 is 4.79 Å². The van der Waals surface area contributed by atoms with Crippen molar-refractivity contribution in [2.75, 3.05) is 5.32 Å². The molecule has 3 rings (SSSR count). The Bertz CT molecular complexity index is 782. The second-order valence-corrected chi connectivity index (χ2v) is 5.32. The lowest BCUT2D eigenvalue weighted by Gasteiger charge is -2.03. The van der Waals surface area contributed by atoms with E-state index in [4.69, 9.17) is 5.73 Å². The zero-order valence-corrected chi connectivity index (χ0v) is 11.6. The maximum Gasteiger partial charge on any atom is 0.259 e. The smallest absolute Gasteiger partial charge is 0.259 e. The number of para-hydroxylation sites is 1. The van der Waals surface area contributed by atoms with Crippen molar-refractivity contribution in [2.45, 2.75) is 6.92 Å². The summed E-state index contributed by atoms with van der Waals surface area (Å²) in [5.74, 6) is 0.0732. The lowest BCUT2D eigenvalue weighted by atomic mass is 10.2. The van der Waals surface area contributed by atoms with E-state index in [2.05, 4.69) is 15.3 Å². The van der Waals surface area contributed by atoms with Gasteiger partial charge in [0.1, 0.15) is 4.83 Å². The predicted octanol–water partition coefficient (Wildman–Crippen LogP) is 2.84. The zero-order valence-electron chi connectivity index (χ0n) is 10.8. The van der Waals surface area contributed by atoms with E-state index in [9.17, 15) is 4.79 Å². The number of primary amides is 1. The average molecular weight is 284 g/mol. The van der Waals surface area contributed by atoms with Crippen molar-refractivity contribution in [3.05, 3.63) is 47.0 Å². The SMILES string of the molecule is Cc1c(C(N)=O)sc2nc(Nc3ccccc3)ncc12. The summed E-state index contributed by atoms with van der Waals surface area (Å²) < 4.78 is 0. The van der Waals surface area contributed by atoms with Crippen molar-refractivity contribution in [1.29, 1.82) is 0 Å². The fourth-order valence-electron chi connectivity index (χ4n) is 1.94. The molecular weight excluding hydrogens is 272 g/mol. The molecule has 3 N–H and O–H groups in total. The highest BCUT2D eigenvalue weighted by molar-refractivity contribution is 7.20. The number of aromatic nitrogens is 2. The Labute approximate surface area is 119 Å². The molecule has 0 spiro atoms. The molecule has 0 bridgehead atoms. The van der Waals surface area contributed by atoms with Gasteiger partial charge in [0, 0.05) is 17.3 Å². The summed E-state index contributed by atoms with van der Waals surface area (Å²) in [5, 5.41) is 3.99. The normalized spacial score (nSPS) is 10.7. The zero-order chi connectivity index (χ0) is 14.1. The molecule has 20 heavy (non-hydrogen) atoms. The summed E-state index contributed by atoms with van der Waals surface area (Å²) in [5.41, 5.74) is 7.10. The maximum absolute atomic E-state index is 11.3. The van der Waals surface area contributed by atoms with Gasteiger partial charge in [-0.05, 0) is 24.6 Å². The largest absolute Gasteiger partial charge is 0.365 e. The van der Waals surface area contributed by atoms with E-state index >= 15 is 0 Å². The number of benzene rings is 1. The number of thiophene rings is 1. The van der Waals surface area contributed by atoms with Crippen LogP contribution in [0.25, 0.3) is 10.2 Å². The third-order valence-corrected chi connectivity index (χ3v) is 4.17. The summed E-state index contributed by atoms with van der Waals surface area (Å²) >= 11 is 1.29. The maximum atomic E-state index is 11.3. The van der Waals surface area contributed by atoms with Gasteiger partial charge in [0.05, 0.1) is 4.88 Å². The van der Waals surface area contributed by atoms with E-state index in [-0.39, 0.29) is 0 Å². The van der Waals surface area contributed by atoms with Crippen LogP contribution in [0.2, 0.25) is 0 Å². The van der Waals surface area contributed by atoms with Crippen LogP contribution in [0.4, 0.5) is 11.6 Å². The first-order valence-electron chi connectivity index (χ1n) is 6.03. The van der Waals surface area contributed by atoms with Crippen LogP contribution in [0.3, 0.4) is 0 Å². The third kappa shape index (κ3) is 2.21. The van der Waals surface area contributed by atoms with Gasteiger partial charge >= 0.3 is 0 Å². The summed E-state index contributed by atoms with van der Waals surface area (Å²) in [6.07, 6.45) is 1.71. The second-order valence-electron chi connectivity index (χ2n) is 4.32. The minimum atomic E-state index is -0.428. The first-order chi connectivity index (χ1) is 9.65. The van der Waals surface area contributed by atoms with Crippen LogP contribution in [0.5, 0.6) is 0 Å². The third-order valence-electron chi connectivity index (χ3n) is 2.95. The Balaban J connectivity index is 2.01. The molecule has 0 unspecified atom stereocenters. The van der Waals surface area contributed by atoms with Crippen LogP contribution in [-0.4, -0.2) is 15.9 Å². The van der Waals surface area contributed by atoms with Gasteiger partial charge in [-0.25, -0.2) is 9.97 Å². The molecule has 1 aromatic carbocycles. The number of carbonyl (C=O) groups is 1. The standard InChI is InChI=1S/C14H12N4OS/c1-8-10-7-16-14(17-9-5-3-2-4-6-9)18-13(10)20-11(8)12(15)19/h2-7H,1H3,(H2,15,19)(H,16,17,18). The molecule has 0 radical (unpaired) electrons. The monoisotopic (exact) mass is 284 g/mol. The molecule has 5 nitrogen and oxygen atoms in total. The van der Waals surface area contributed by atoms with Gasteiger partial charge in [-0.15, -0.1) is 11.3 Å². The molecule has 0 atom stereocenters. The number of hydrogen-bond donors (Lipinski definition) is 2. The highest BCUT2D eigenvalue weighted by Crippen LogP contribution is 2.29. The van der Waals surface area contributed by atoms with Gasteiger partial charge in [0.25, 0.3) is 5.91 Å². The van der Waals surface area contributed by atoms with E-state index < -0.39 is 5.91 Å². The number of nitrogens with two attached hydrogens (primary N) is 1. The highest BCUT2D eigenvalue weighted by atomic mass is 32.1. The van der Waals surface area contributed by atoms with Crippen LogP contribution in [-0.2, 0) is 0 Å². The number of rotatable bonds is 3. The number of carbonyl (C=O) groups excluding carboxylic acids is 1. The Morgan fingerprint density at radius 3 is 2.75 bits per heavy atom. The Kier molecular flexibility index (Phi) is 3.08. The van der Waals surface area contributed by atoms with Crippen molar-refractivity contribution >= 4 is 39.1 Å². The molecule has 6 heteroatoms. The van der Waals surface area contributed by atoms with Crippen molar-refractivity contribution in [3.63, 3.8) is 0 Å². The van der Waals surface area contributed by atoms with Crippen LogP contribution in [0.15, 0.2) is 36.5 Å². The number of amides is 1. The van der Waals surface area contributed by atoms with Gasteiger partial charge in [-0.3, -0.25) is 4.79 Å². The minimum Gasteiger partial charge on any atom is -0.365 e. The second kappa shape index (κ2) is 4.90. The van der Waals surface area contributed by atoms with Crippen molar-refractivity contribution in [2.24, 2.45) is 5.73 Å². The van der Waals surface area contributed by atoms with Gasteiger partial charge in [0.15, 0.2) is 0 Å². The van der Waals surface area contributed by atoms with Gasteiger partial charge < -0.3 is 11.1 Å². The van der Waals surface area contributed by atoms with Gasteiger partial charge in [-0.2, -0.15) is 0 Å². The van der Waals surface area contributed by atoms with E-state index in [1.165, 1.54) is 11.3 Å². The van der Waals surface area contributed by atoms with E-state index in [0.29, 0.717) is 10.8 Å². The van der Waals surface area contributed by atoms with E-state index in [1.54, 1.807) is 6.20 Å². The topological polar surface area (TPSA) is 80.9 Å². The van der Waals surface area contributed by atoms with Crippen molar-refractivity contribution in [3.8, 4) is 0 Å². The molecule has 2 aromatic heterocycles. The molecule has 0 saturated carbocycles. The van der Waals surface area contributed by atoms with Crippen molar-refractivity contribution in [1.82, 2.24) is 9.97 Å². The molecular formula is C14H12N4OS. The van der Waals surface area contributed by atoms with E-state index in [1.807, 2.05) is 37.3 Å². The Hall–Kier alpha value is -2.47. The number of fused-ring (bicyclic) bond motifs is 1. The molecule has 0 aliphatic carbocycles. The highest BCUT2D eigenvalue weighted by Gasteiger charge is 2.14. The fourth-order valence-corrected chi connectivity index (χ4v) is 2.95. The van der Waals surface area contributed by atoms with Crippen LogP contribution in [0, 0.1) is 6.92 Å². The molecule has 1 amide bonds. The Morgan fingerprint density at radius 2 is 2.05 bits per heavy atom. The number of hydrogen-bond acceptors (Lipinski definition) is 5. The molecule has 0 aliphatic rings. The van der Waals surface area contributed by atoms with Gasteiger partial charge in [0.2, 0.25) is 5.95 Å². The predicted molar refractivity (Wildman–Crippen MR) is 80.4 cm³/mol. The summed E-state index contributed by atoms with van der Waals surface area (Å²) in [6, 6.07) is 9.67. The quantitative estimate of drug-likeness (QED) is 0.775. The molecule has 0 fully saturated rings. The van der Waals surface area contributed by atoms with Crippen LogP contribution in [0.1, 0.15) is 15.2 Å². The molecule has 3 aromatic rings. The molecule has 0 aliphatic heterocycles. The number of nitrogens with zero attached hydrogens (tertiary/aromatic N) is 2. The minimum absolute atomic E-state index is 0.428. The first-order valence-corrected chi connectivity index (χ1v) is 6.85. The summed E-state index contributed by atoms with van der Waals surface area (Å²) in [6.45, 7) is 1.85. The van der Waals surface area contributed by atoms with E-state index in [0.717, 1.165) is 21.5 Å². The summed E-state index contributed by atoms with van der Waals surface area (Å²) in [4.78, 5) is 21.3. The number of aryl methyl sites for hydroxylation is 1. The molecule has 2 heterocycles. The number of nitrogens with one attached hydrogen (secondary N) is 1. The average Bonchev–Trinajstić information content (AvgIpc) is 2.77. The lowest BCUT2D eigenvalue weighted by molar-refractivity contribution is 0.100. The first kappa shape index (κ1) is 12.6. The van der Waals surface area contributed by atoms with Gasteiger partial charge in [-0.1, -0.05) is 18.2 Å². The fraction of sp³-hybridized carbons (Fsp3) is 0.0714. The Morgan fingerprint density at radius 1 is 1.30 bits per heavy atom. The lowest BCUT2D eigenvalue weighted by Crippen LogP contribution is -2.09. The molecule has 0 saturated heterocycles. The van der Waals surface area contributed by atoms with Crippen LogP contribution < -0.4 is 11.1 Å². The summed E-state index contributed by atoms with van der Waals surface area (Å²) in [7, 11) is 0.